The topological polar surface area (TPSA) is 33.4 Å². The second-order valence-electron chi connectivity index (χ2n) is 4.38. The number of hydrogen-bond acceptors (Lipinski definition) is 2. The van der Waals surface area contributed by atoms with E-state index < -0.39 is 6.10 Å². The molecule has 1 saturated carbocycles. The van der Waals surface area contributed by atoms with Gasteiger partial charge in [-0.1, -0.05) is 13.8 Å². The van der Waals surface area contributed by atoms with Crippen molar-refractivity contribution in [1.29, 1.82) is 0 Å². The van der Waals surface area contributed by atoms with E-state index in [2.05, 4.69) is 29.8 Å². The van der Waals surface area contributed by atoms with Crippen molar-refractivity contribution in [2.24, 2.45) is 11.3 Å². The third-order valence-corrected chi connectivity index (χ3v) is 3.54. The molecule has 13 heavy (non-hydrogen) atoms. The second-order valence-corrected chi connectivity index (χ2v) is 5.23. The zero-order valence-corrected chi connectivity index (χ0v) is 9.34. The van der Waals surface area contributed by atoms with Crippen molar-refractivity contribution in [1.82, 2.24) is 0 Å². The van der Waals surface area contributed by atoms with E-state index in [1.54, 1.807) is 6.26 Å². The average molecular weight is 245 g/mol. The van der Waals surface area contributed by atoms with Crippen LogP contribution in [0.4, 0.5) is 0 Å². The maximum absolute atomic E-state index is 9.94. The van der Waals surface area contributed by atoms with Gasteiger partial charge in [0.25, 0.3) is 0 Å². The van der Waals surface area contributed by atoms with E-state index in [9.17, 15) is 5.11 Å². The molecule has 0 amide bonds. The molecular formula is C10H13BrO2. The number of halogens is 1. The lowest BCUT2D eigenvalue weighted by Gasteiger charge is -2.09. The van der Waals surface area contributed by atoms with Crippen molar-refractivity contribution < 1.29 is 9.52 Å². The zero-order valence-electron chi connectivity index (χ0n) is 7.75. The third-order valence-electron chi connectivity index (χ3n) is 2.88. The standard InChI is InChI=1S/C10H13BrO2/c1-10(2)5-6(10)8(12)9-7(11)3-4-13-9/h3-4,6,8,12H,5H2,1-2H3. The summed E-state index contributed by atoms with van der Waals surface area (Å²) in [6.45, 7) is 4.33. The Morgan fingerprint density at radius 1 is 1.69 bits per heavy atom. The molecule has 1 aliphatic carbocycles. The number of aliphatic hydroxyl groups is 1. The molecule has 1 aromatic rings. The summed E-state index contributed by atoms with van der Waals surface area (Å²) in [5.41, 5.74) is 0.269. The first-order valence-corrected chi connectivity index (χ1v) is 5.22. The Morgan fingerprint density at radius 2 is 2.31 bits per heavy atom. The quantitative estimate of drug-likeness (QED) is 0.868. The highest BCUT2D eigenvalue weighted by Gasteiger charge is 2.51. The van der Waals surface area contributed by atoms with E-state index in [1.165, 1.54) is 0 Å². The van der Waals surface area contributed by atoms with Crippen LogP contribution in [0.3, 0.4) is 0 Å². The lowest BCUT2D eigenvalue weighted by atomic mass is 10.0. The van der Waals surface area contributed by atoms with Gasteiger partial charge in [-0.3, -0.25) is 0 Å². The van der Waals surface area contributed by atoms with Crippen LogP contribution in [0, 0.1) is 11.3 Å². The fraction of sp³-hybridized carbons (Fsp3) is 0.600. The molecule has 1 heterocycles. The van der Waals surface area contributed by atoms with Crippen molar-refractivity contribution in [2.75, 3.05) is 0 Å². The lowest BCUT2D eigenvalue weighted by Crippen LogP contribution is -2.03. The predicted molar refractivity (Wildman–Crippen MR) is 53.3 cm³/mol. The Kier molecular flexibility index (Phi) is 2.04. The van der Waals surface area contributed by atoms with Gasteiger partial charge in [0.05, 0.1) is 10.7 Å². The van der Waals surface area contributed by atoms with Crippen LogP contribution in [-0.4, -0.2) is 5.11 Å². The van der Waals surface area contributed by atoms with Gasteiger partial charge in [0.15, 0.2) is 0 Å². The molecule has 1 aliphatic rings. The Morgan fingerprint density at radius 3 is 2.69 bits per heavy atom. The summed E-state index contributed by atoms with van der Waals surface area (Å²) in [6, 6.07) is 1.81. The number of aliphatic hydroxyl groups excluding tert-OH is 1. The summed E-state index contributed by atoms with van der Waals surface area (Å²) in [7, 11) is 0. The van der Waals surface area contributed by atoms with E-state index in [-0.39, 0.29) is 5.41 Å². The van der Waals surface area contributed by atoms with E-state index >= 15 is 0 Å². The molecule has 1 N–H and O–H groups in total. The van der Waals surface area contributed by atoms with Crippen LogP contribution < -0.4 is 0 Å². The minimum Gasteiger partial charge on any atom is -0.465 e. The lowest BCUT2D eigenvalue weighted by molar-refractivity contribution is 0.112. The smallest absolute Gasteiger partial charge is 0.146 e. The molecular weight excluding hydrogens is 232 g/mol. The summed E-state index contributed by atoms with van der Waals surface area (Å²) in [4.78, 5) is 0. The Balaban J connectivity index is 2.15. The molecule has 2 atom stereocenters. The average Bonchev–Trinajstić information content (AvgIpc) is 2.49. The molecule has 0 bridgehead atoms. The Labute approximate surface area is 86.1 Å². The fourth-order valence-electron chi connectivity index (χ4n) is 1.75. The molecule has 0 saturated heterocycles. The zero-order chi connectivity index (χ0) is 9.64. The van der Waals surface area contributed by atoms with Crippen molar-refractivity contribution in [3.8, 4) is 0 Å². The maximum atomic E-state index is 9.94. The molecule has 0 radical (unpaired) electrons. The molecule has 2 rings (SSSR count). The molecule has 72 valence electrons. The molecule has 1 aromatic heterocycles. The van der Waals surface area contributed by atoms with Crippen molar-refractivity contribution in [3.05, 3.63) is 22.6 Å². The normalized spacial score (nSPS) is 27.2. The first kappa shape index (κ1) is 9.28. The highest BCUT2D eigenvalue weighted by molar-refractivity contribution is 9.10. The molecule has 0 spiro atoms. The van der Waals surface area contributed by atoms with Crippen LogP contribution in [0.5, 0.6) is 0 Å². The molecule has 1 fully saturated rings. The van der Waals surface area contributed by atoms with Crippen LogP contribution in [-0.2, 0) is 0 Å². The number of rotatable bonds is 2. The minimum atomic E-state index is -0.459. The first-order chi connectivity index (χ1) is 6.02. The van der Waals surface area contributed by atoms with Gasteiger partial charge in [-0.15, -0.1) is 0 Å². The van der Waals surface area contributed by atoms with Crippen LogP contribution in [0.2, 0.25) is 0 Å². The Hall–Kier alpha value is -0.280. The fourth-order valence-corrected chi connectivity index (χ4v) is 2.18. The van der Waals surface area contributed by atoms with Crippen molar-refractivity contribution in [3.63, 3.8) is 0 Å². The molecule has 2 nitrogen and oxygen atoms in total. The third kappa shape index (κ3) is 1.55. The number of furan rings is 1. The summed E-state index contributed by atoms with van der Waals surface area (Å²) in [6.07, 6.45) is 2.21. The van der Waals surface area contributed by atoms with Gasteiger partial charge in [0.1, 0.15) is 11.9 Å². The second kappa shape index (κ2) is 2.85. The SMILES string of the molecule is CC1(C)CC1C(O)c1occc1Br. The van der Waals surface area contributed by atoms with Crippen LogP contribution in [0.1, 0.15) is 32.1 Å². The van der Waals surface area contributed by atoms with Gasteiger partial charge >= 0.3 is 0 Å². The van der Waals surface area contributed by atoms with E-state index in [4.69, 9.17) is 4.42 Å². The molecule has 3 heteroatoms. The van der Waals surface area contributed by atoms with Gasteiger partial charge in [0.2, 0.25) is 0 Å². The largest absolute Gasteiger partial charge is 0.465 e. The highest BCUT2D eigenvalue weighted by Crippen LogP contribution is 2.58. The maximum Gasteiger partial charge on any atom is 0.146 e. The van der Waals surface area contributed by atoms with Crippen LogP contribution in [0.15, 0.2) is 21.2 Å². The van der Waals surface area contributed by atoms with Gasteiger partial charge in [0, 0.05) is 0 Å². The summed E-state index contributed by atoms with van der Waals surface area (Å²) < 4.78 is 6.09. The van der Waals surface area contributed by atoms with Crippen molar-refractivity contribution in [2.45, 2.75) is 26.4 Å². The summed E-state index contributed by atoms with van der Waals surface area (Å²) in [5.74, 6) is 1.01. The van der Waals surface area contributed by atoms with E-state index in [1.807, 2.05) is 6.07 Å². The summed E-state index contributed by atoms with van der Waals surface area (Å²) >= 11 is 3.35. The van der Waals surface area contributed by atoms with Gasteiger partial charge in [-0.05, 0) is 39.8 Å². The van der Waals surface area contributed by atoms with Gasteiger partial charge in [-0.2, -0.15) is 0 Å². The minimum absolute atomic E-state index is 0.269. The predicted octanol–water partition coefficient (Wildman–Crippen LogP) is 3.12. The highest BCUT2D eigenvalue weighted by atomic mass is 79.9. The monoisotopic (exact) mass is 244 g/mol. The van der Waals surface area contributed by atoms with E-state index in [0.717, 1.165) is 10.9 Å². The van der Waals surface area contributed by atoms with E-state index in [0.29, 0.717) is 11.7 Å². The van der Waals surface area contributed by atoms with Gasteiger partial charge < -0.3 is 9.52 Å². The van der Waals surface area contributed by atoms with Crippen LogP contribution in [0.25, 0.3) is 0 Å². The molecule has 0 aromatic carbocycles. The molecule has 2 unspecified atom stereocenters. The first-order valence-electron chi connectivity index (χ1n) is 4.43. The van der Waals surface area contributed by atoms with Gasteiger partial charge in [-0.25, -0.2) is 0 Å². The number of hydrogen-bond donors (Lipinski definition) is 1. The van der Waals surface area contributed by atoms with Crippen molar-refractivity contribution >= 4 is 15.9 Å². The molecule has 0 aliphatic heterocycles. The Bertz CT molecular complexity index is 316. The van der Waals surface area contributed by atoms with Crippen LogP contribution >= 0.6 is 15.9 Å². The summed E-state index contributed by atoms with van der Waals surface area (Å²) in [5, 5.41) is 9.94.